The van der Waals surface area contributed by atoms with Crippen LogP contribution in [0.25, 0.3) is 0 Å². The van der Waals surface area contributed by atoms with Gasteiger partial charge in [-0.1, -0.05) is 25.7 Å². The molecule has 0 aromatic carbocycles. The van der Waals surface area contributed by atoms with Crippen molar-refractivity contribution >= 4 is 5.91 Å². The molecule has 2 aliphatic rings. The number of carbonyl (C=O) groups excluding carboxylic acids is 1. The van der Waals surface area contributed by atoms with Gasteiger partial charge in [0, 0.05) is 39.6 Å². The van der Waals surface area contributed by atoms with Crippen LogP contribution in [-0.2, 0) is 9.53 Å². The van der Waals surface area contributed by atoms with Crippen molar-refractivity contribution in [3.63, 3.8) is 0 Å². The van der Waals surface area contributed by atoms with E-state index in [1.165, 1.54) is 0 Å². The second-order valence-corrected chi connectivity index (χ2v) is 6.61. The molecule has 118 valence electrons. The SMILES string of the molecule is CN(CC1(O)CCOCC1)C(=O)C1(C#N)CCCCCC1. The van der Waals surface area contributed by atoms with Crippen molar-refractivity contribution in [2.45, 2.75) is 57.0 Å². The maximum absolute atomic E-state index is 12.8. The second-order valence-electron chi connectivity index (χ2n) is 6.61. The molecule has 0 atom stereocenters. The van der Waals surface area contributed by atoms with E-state index in [4.69, 9.17) is 4.74 Å². The van der Waals surface area contributed by atoms with E-state index in [1.54, 1.807) is 11.9 Å². The summed E-state index contributed by atoms with van der Waals surface area (Å²) in [6.45, 7) is 1.35. The van der Waals surface area contributed by atoms with E-state index >= 15 is 0 Å². The topological polar surface area (TPSA) is 73.6 Å². The largest absolute Gasteiger partial charge is 0.388 e. The smallest absolute Gasteiger partial charge is 0.242 e. The van der Waals surface area contributed by atoms with Crippen molar-refractivity contribution in [2.24, 2.45) is 5.41 Å². The maximum Gasteiger partial charge on any atom is 0.242 e. The van der Waals surface area contributed by atoms with Crippen LogP contribution in [0.4, 0.5) is 0 Å². The van der Waals surface area contributed by atoms with Gasteiger partial charge in [-0.05, 0) is 12.8 Å². The van der Waals surface area contributed by atoms with E-state index in [0.29, 0.717) is 45.4 Å². The molecule has 1 N–H and O–H groups in total. The number of aliphatic hydroxyl groups is 1. The van der Waals surface area contributed by atoms with Crippen LogP contribution in [0, 0.1) is 16.7 Å². The van der Waals surface area contributed by atoms with Gasteiger partial charge in [-0.15, -0.1) is 0 Å². The number of likely N-dealkylation sites (N-methyl/N-ethyl adjacent to an activating group) is 1. The van der Waals surface area contributed by atoms with E-state index in [9.17, 15) is 15.2 Å². The molecule has 21 heavy (non-hydrogen) atoms. The minimum Gasteiger partial charge on any atom is -0.388 e. The molecule has 2 rings (SSSR count). The molecule has 1 aliphatic heterocycles. The summed E-state index contributed by atoms with van der Waals surface area (Å²) >= 11 is 0. The Morgan fingerprint density at radius 2 is 1.76 bits per heavy atom. The zero-order valence-electron chi connectivity index (χ0n) is 12.9. The van der Waals surface area contributed by atoms with E-state index in [2.05, 4.69) is 6.07 Å². The minimum atomic E-state index is -0.882. The van der Waals surface area contributed by atoms with Crippen LogP contribution in [0.2, 0.25) is 0 Å². The van der Waals surface area contributed by atoms with E-state index in [0.717, 1.165) is 25.7 Å². The predicted octanol–water partition coefficient (Wildman–Crippen LogP) is 1.85. The lowest BCUT2D eigenvalue weighted by Gasteiger charge is -2.37. The summed E-state index contributed by atoms with van der Waals surface area (Å²) in [5.41, 5.74) is -1.75. The molecule has 5 nitrogen and oxygen atoms in total. The third kappa shape index (κ3) is 3.75. The second kappa shape index (κ2) is 6.76. The number of nitriles is 1. The first-order valence-electron chi connectivity index (χ1n) is 7.98. The summed E-state index contributed by atoms with van der Waals surface area (Å²) < 4.78 is 5.27. The summed E-state index contributed by atoms with van der Waals surface area (Å²) in [7, 11) is 1.71. The number of nitrogens with zero attached hydrogens (tertiary/aromatic N) is 2. The summed E-state index contributed by atoms with van der Waals surface area (Å²) in [5.74, 6) is -0.119. The third-order valence-corrected chi connectivity index (χ3v) is 4.88. The Balaban J connectivity index is 2.04. The highest BCUT2D eigenvalue weighted by Gasteiger charge is 2.42. The molecule has 1 amide bonds. The first-order chi connectivity index (χ1) is 10.0. The van der Waals surface area contributed by atoms with Gasteiger partial charge >= 0.3 is 0 Å². The predicted molar refractivity (Wildman–Crippen MR) is 78.4 cm³/mol. The van der Waals surface area contributed by atoms with Crippen LogP contribution >= 0.6 is 0 Å². The van der Waals surface area contributed by atoms with Crippen molar-refractivity contribution in [2.75, 3.05) is 26.8 Å². The van der Waals surface area contributed by atoms with Crippen molar-refractivity contribution in [3.8, 4) is 6.07 Å². The van der Waals surface area contributed by atoms with Crippen molar-refractivity contribution in [1.29, 1.82) is 5.26 Å². The lowest BCUT2D eigenvalue weighted by molar-refractivity contribution is -0.144. The molecular formula is C16H26N2O3. The van der Waals surface area contributed by atoms with Crippen LogP contribution in [0.5, 0.6) is 0 Å². The summed E-state index contributed by atoms with van der Waals surface area (Å²) in [4.78, 5) is 14.4. The van der Waals surface area contributed by atoms with Crippen molar-refractivity contribution in [1.82, 2.24) is 4.90 Å². The Hall–Kier alpha value is -1.12. The zero-order valence-corrected chi connectivity index (χ0v) is 12.9. The highest BCUT2D eigenvalue weighted by atomic mass is 16.5. The highest BCUT2D eigenvalue weighted by Crippen LogP contribution is 2.36. The highest BCUT2D eigenvalue weighted by molar-refractivity contribution is 5.85. The third-order valence-electron chi connectivity index (χ3n) is 4.88. The Morgan fingerprint density at radius 1 is 1.19 bits per heavy atom. The molecule has 0 aromatic rings. The Bertz CT molecular complexity index is 402. The van der Waals surface area contributed by atoms with Gasteiger partial charge in [0.1, 0.15) is 5.41 Å². The molecule has 5 heteroatoms. The van der Waals surface area contributed by atoms with Gasteiger partial charge in [0.2, 0.25) is 5.91 Å². The average molecular weight is 294 g/mol. The Labute approximate surface area is 126 Å². The molecule has 0 radical (unpaired) electrons. The van der Waals surface area contributed by atoms with Gasteiger partial charge in [-0.2, -0.15) is 5.26 Å². The monoisotopic (exact) mass is 294 g/mol. The number of hydrogen-bond acceptors (Lipinski definition) is 4. The van der Waals surface area contributed by atoms with Gasteiger partial charge in [-0.25, -0.2) is 0 Å². The van der Waals surface area contributed by atoms with Crippen molar-refractivity contribution in [3.05, 3.63) is 0 Å². The summed E-state index contributed by atoms with van der Waals surface area (Å²) in [6.07, 6.45) is 6.46. The molecule has 1 heterocycles. The van der Waals surface area contributed by atoms with Gasteiger partial charge in [0.05, 0.1) is 11.7 Å². The minimum absolute atomic E-state index is 0.119. The molecule has 0 aromatic heterocycles. The van der Waals surface area contributed by atoms with Crippen molar-refractivity contribution < 1.29 is 14.6 Å². The molecular weight excluding hydrogens is 268 g/mol. The standard InChI is InChI=1S/C16H26N2O3/c1-18(13-16(20)8-10-21-11-9-16)14(19)15(12-17)6-4-2-3-5-7-15/h20H,2-11,13H2,1H3. The zero-order chi connectivity index (χ0) is 15.3. The normalized spacial score (nSPS) is 24.6. The van der Waals surface area contributed by atoms with Gasteiger partial charge in [-0.3, -0.25) is 4.79 Å². The first kappa shape index (κ1) is 16.3. The quantitative estimate of drug-likeness (QED) is 0.806. The molecule has 0 spiro atoms. The number of hydrogen-bond donors (Lipinski definition) is 1. The van der Waals surface area contributed by atoms with E-state index < -0.39 is 11.0 Å². The van der Waals surface area contributed by atoms with Crippen LogP contribution in [0.3, 0.4) is 0 Å². The number of ether oxygens (including phenoxy) is 1. The van der Waals surface area contributed by atoms with Crippen LogP contribution in [-0.4, -0.2) is 48.3 Å². The summed E-state index contributed by atoms with van der Waals surface area (Å²) in [5, 5.41) is 20.1. The fourth-order valence-corrected chi connectivity index (χ4v) is 3.49. The number of amides is 1. The first-order valence-corrected chi connectivity index (χ1v) is 7.98. The van der Waals surface area contributed by atoms with Gasteiger partial charge < -0.3 is 14.7 Å². The van der Waals surface area contributed by atoms with E-state index in [1.807, 2.05) is 0 Å². The lowest BCUT2D eigenvalue weighted by Crippen LogP contribution is -2.50. The number of carbonyl (C=O) groups is 1. The van der Waals surface area contributed by atoms with Gasteiger partial charge in [0.15, 0.2) is 0 Å². The fraction of sp³-hybridized carbons (Fsp3) is 0.875. The maximum atomic E-state index is 12.8. The Kier molecular flexibility index (Phi) is 5.23. The molecule has 2 fully saturated rings. The molecule has 1 saturated carbocycles. The van der Waals surface area contributed by atoms with E-state index in [-0.39, 0.29) is 5.91 Å². The molecule has 0 bridgehead atoms. The number of rotatable bonds is 3. The molecule has 1 aliphatic carbocycles. The summed E-state index contributed by atoms with van der Waals surface area (Å²) in [6, 6.07) is 2.29. The lowest BCUT2D eigenvalue weighted by atomic mass is 9.80. The Morgan fingerprint density at radius 3 is 2.29 bits per heavy atom. The van der Waals surface area contributed by atoms with Crippen LogP contribution in [0.1, 0.15) is 51.4 Å². The van der Waals surface area contributed by atoms with Crippen LogP contribution in [0.15, 0.2) is 0 Å². The average Bonchev–Trinajstić information content (AvgIpc) is 2.73. The van der Waals surface area contributed by atoms with Crippen LogP contribution < -0.4 is 0 Å². The van der Waals surface area contributed by atoms with Gasteiger partial charge in [0.25, 0.3) is 0 Å². The fourth-order valence-electron chi connectivity index (χ4n) is 3.49. The molecule has 1 saturated heterocycles. The molecule has 0 unspecified atom stereocenters.